The first kappa shape index (κ1) is 14.4. The van der Waals surface area contributed by atoms with Gasteiger partial charge in [-0.15, -0.1) is 11.6 Å². The molecular weight excluding hydrogens is 220 g/mol. The molecule has 0 aliphatic rings. The van der Waals surface area contributed by atoms with Crippen LogP contribution in [0.25, 0.3) is 0 Å². The van der Waals surface area contributed by atoms with Crippen LogP contribution >= 0.6 is 11.6 Å². The fourth-order valence-corrected chi connectivity index (χ4v) is 1.50. The first-order chi connectivity index (χ1) is 6.70. The monoisotopic (exact) mass is 236 g/mol. The SMILES string of the molecule is CC(C)(C)[C@H](C(=O)O)C(=O)CC(O)CCl. The van der Waals surface area contributed by atoms with Gasteiger partial charge in [0, 0.05) is 12.3 Å². The van der Waals surface area contributed by atoms with E-state index in [2.05, 4.69) is 0 Å². The van der Waals surface area contributed by atoms with Crippen molar-refractivity contribution < 1.29 is 19.8 Å². The first-order valence-corrected chi connectivity index (χ1v) is 5.23. The summed E-state index contributed by atoms with van der Waals surface area (Å²) in [4.78, 5) is 22.5. The molecule has 0 spiro atoms. The highest BCUT2D eigenvalue weighted by Crippen LogP contribution is 2.28. The largest absolute Gasteiger partial charge is 0.481 e. The number of aliphatic hydroxyl groups excluding tert-OH is 1. The normalized spacial score (nSPS) is 15.8. The number of hydrogen-bond acceptors (Lipinski definition) is 3. The molecule has 2 N–H and O–H groups in total. The fraction of sp³-hybridized carbons (Fsp3) is 0.800. The van der Waals surface area contributed by atoms with Crippen LogP contribution in [0.15, 0.2) is 0 Å². The van der Waals surface area contributed by atoms with Crippen molar-refractivity contribution in [3.05, 3.63) is 0 Å². The Balaban J connectivity index is 4.66. The Morgan fingerprint density at radius 3 is 2.07 bits per heavy atom. The van der Waals surface area contributed by atoms with Crippen LogP contribution in [0.2, 0.25) is 0 Å². The van der Waals surface area contributed by atoms with Crippen molar-refractivity contribution in [3.8, 4) is 0 Å². The van der Waals surface area contributed by atoms with Crippen molar-refractivity contribution in [1.82, 2.24) is 0 Å². The van der Waals surface area contributed by atoms with Gasteiger partial charge in [0.2, 0.25) is 0 Å². The van der Waals surface area contributed by atoms with Gasteiger partial charge in [0.15, 0.2) is 0 Å². The topological polar surface area (TPSA) is 74.6 Å². The van der Waals surface area contributed by atoms with Gasteiger partial charge < -0.3 is 10.2 Å². The van der Waals surface area contributed by atoms with E-state index in [1.54, 1.807) is 20.8 Å². The molecule has 0 aliphatic carbocycles. The van der Waals surface area contributed by atoms with Crippen molar-refractivity contribution in [2.75, 3.05) is 5.88 Å². The molecule has 0 rings (SSSR count). The summed E-state index contributed by atoms with van der Waals surface area (Å²) in [7, 11) is 0. The molecule has 88 valence electrons. The lowest BCUT2D eigenvalue weighted by atomic mass is 9.77. The minimum absolute atomic E-state index is 0.0672. The highest BCUT2D eigenvalue weighted by molar-refractivity contribution is 6.18. The molecule has 0 aliphatic heterocycles. The van der Waals surface area contributed by atoms with Crippen molar-refractivity contribution in [2.45, 2.75) is 33.3 Å². The Hall–Kier alpha value is -0.610. The number of Topliss-reactive ketones (excluding diaryl/α,β-unsaturated/α-hetero) is 1. The van der Waals surface area contributed by atoms with Gasteiger partial charge in [-0.3, -0.25) is 9.59 Å². The maximum Gasteiger partial charge on any atom is 0.314 e. The standard InChI is InChI=1S/C10H17ClO4/c1-10(2,3)8(9(14)15)7(13)4-6(12)5-11/h6,8,12H,4-5H2,1-3H3,(H,14,15)/t6?,8-/m0/s1. The predicted octanol–water partition coefficient (Wildman–Crippen LogP) is 1.29. The maximum absolute atomic E-state index is 11.6. The molecule has 0 aromatic heterocycles. The lowest BCUT2D eigenvalue weighted by molar-refractivity contribution is -0.151. The number of rotatable bonds is 5. The van der Waals surface area contributed by atoms with Crippen molar-refractivity contribution in [2.24, 2.45) is 11.3 Å². The van der Waals surface area contributed by atoms with Gasteiger partial charge in [0.25, 0.3) is 0 Å². The van der Waals surface area contributed by atoms with Gasteiger partial charge in [0.05, 0.1) is 6.10 Å². The Morgan fingerprint density at radius 2 is 1.80 bits per heavy atom. The molecule has 2 atom stereocenters. The van der Waals surface area contributed by atoms with Crippen LogP contribution in [-0.4, -0.2) is 33.9 Å². The van der Waals surface area contributed by atoms with Gasteiger partial charge >= 0.3 is 5.97 Å². The average molecular weight is 237 g/mol. The van der Waals surface area contributed by atoms with Gasteiger partial charge in [-0.05, 0) is 5.41 Å². The first-order valence-electron chi connectivity index (χ1n) is 4.69. The number of hydrogen-bond donors (Lipinski definition) is 2. The van der Waals surface area contributed by atoms with Crippen LogP contribution in [0.5, 0.6) is 0 Å². The molecule has 4 nitrogen and oxygen atoms in total. The van der Waals surface area contributed by atoms with Crippen molar-refractivity contribution in [3.63, 3.8) is 0 Å². The van der Waals surface area contributed by atoms with E-state index in [-0.39, 0.29) is 12.3 Å². The van der Waals surface area contributed by atoms with E-state index in [1.807, 2.05) is 0 Å². The lowest BCUT2D eigenvalue weighted by Gasteiger charge is -2.26. The van der Waals surface area contributed by atoms with Crippen LogP contribution in [-0.2, 0) is 9.59 Å². The Morgan fingerprint density at radius 1 is 1.33 bits per heavy atom. The second-order valence-electron chi connectivity index (χ2n) is 4.62. The van der Waals surface area contributed by atoms with Crippen LogP contribution < -0.4 is 0 Å². The number of carboxylic acid groups (broad SMARTS) is 1. The molecule has 0 fully saturated rings. The predicted molar refractivity (Wildman–Crippen MR) is 56.9 cm³/mol. The zero-order chi connectivity index (χ0) is 12.2. The highest BCUT2D eigenvalue weighted by atomic mass is 35.5. The van der Waals surface area contributed by atoms with Gasteiger partial charge in [-0.25, -0.2) is 0 Å². The van der Waals surface area contributed by atoms with Gasteiger partial charge in [-0.1, -0.05) is 20.8 Å². The second kappa shape index (κ2) is 5.47. The van der Waals surface area contributed by atoms with E-state index in [4.69, 9.17) is 16.7 Å². The Labute approximate surface area is 94.2 Å². The molecule has 0 aromatic carbocycles. The molecule has 0 saturated carbocycles. The number of carbonyl (C=O) groups is 2. The third-order valence-corrected chi connectivity index (χ3v) is 2.41. The zero-order valence-electron chi connectivity index (χ0n) is 9.16. The summed E-state index contributed by atoms with van der Waals surface area (Å²) in [5.74, 6) is -2.81. The Bertz CT molecular complexity index is 244. The lowest BCUT2D eigenvalue weighted by Crippen LogP contribution is -2.37. The van der Waals surface area contributed by atoms with Crippen LogP contribution in [0, 0.1) is 11.3 Å². The van der Waals surface area contributed by atoms with Gasteiger partial charge in [0.1, 0.15) is 11.7 Å². The van der Waals surface area contributed by atoms with E-state index in [1.165, 1.54) is 0 Å². The van der Waals surface area contributed by atoms with Crippen molar-refractivity contribution >= 4 is 23.4 Å². The summed E-state index contributed by atoms with van der Waals surface area (Å²) in [6.45, 7) is 5.03. The van der Waals surface area contributed by atoms with E-state index in [9.17, 15) is 14.7 Å². The minimum Gasteiger partial charge on any atom is -0.481 e. The quantitative estimate of drug-likeness (QED) is 0.557. The summed E-state index contributed by atoms with van der Waals surface area (Å²) in [6.07, 6.45) is -1.18. The molecule has 0 aromatic rings. The zero-order valence-corrected chi connectivity index (χ0v) is 9.91. The van der Waals surface area contributed by atoms with Gasteiger partial charge in [-0.2, -0.15) is 0 Å². The van der Waals surface area contributed by atoms with Crippen molar-refractivity contribution in [1.29, 1.82) is 0 Å². The number of carboxylic acids is 1. The summed E-state index contributed by atoms with van der Waals surface area (Å²) >= 11 is 5.34. The molecule has 1 unspecified atom stereocenters. The van der Waals surface area contributed by atoms with Crippen LogP contribution in [0.3, 0.4) is 0 Å². The average Bonchev–Trinajstić information content (AvgIpc) is 1.99. The van der Waals surface area contributed by atoms with Crippen LogP contribution in [0.4, 0.5) is 0 Å². The highest BCUT2D eigenvalue weighted by Gasteiger charge is 2.37. The number of aliphatic carboxylic acids is 1. The molecule has 0 bridgehead atoms. The number of alkyl halides is 1. The molecule has 0 amide bonds. The number of carbonyl (C=O) groups excluding carboxylic acids is 1. The van der Waals surface area contributed by atoms with E-state index < -0.39 is 29.2 Å². The second-order valence-corrected chi connectivity index (χ2v) is 4.92. The van der Waals surface area contributed by atoms with E-state index >= 15 is 0 Å². The van der Waals surface area contributed by atoms with E-state index in [0.717, 1.165) is 0 Å². The smallest absolute Gasteiger partial charge is 0.314 e. The summed E-state index contributed by atoms with van der Waals surface area (Å²) in [5.41, 5.74) is -0.658. The molecule has 5 heteroatoms. The summed E-state index contributed by atoms with van der Waals surface area (Å²) < 4.78 is 0. The molecule has 0 heterocycles. The molecular formula is C10H17ClO4. The minimum atomic E-state index is -1.16. The maximum atomic E-state index is 11.6. The third-order valence-electron chi connectivity index (χ3n) is 2.05. The molecule has 0 radical (unpaired) electrons. The van der Waals surface area contributed by atoms with Crippen LogP contribution in [0.1, 0.15) is 27.2 Å². The summed E-state index contributed by atoms with van der Waals surface area (Å²) in [6, 6.07) is 0. The number of aliphatic hydroxyl groups is 1. The molecule has 0 saturated heterocycles. The molecule has 15 heavy (non-hydrogen) atoms. The summed E-state index contributed by atoms with van der Waals surface area (Å²) in [5, 5.41) is 18.1. The van der Waals surface area contributed by atoms with E-state index in [0.29, 0.717) is 0 Å². The fourth-order valence-electron chi connectivity index (χ4n) is 1.40. The number of ketones is 1. The Kier molecular flexibility index (Phi) is 5.24. The number of halogens is 1. The third kappa shape index (κ3) is 4.62.